The van der Waals surface area contributed by atoms with Crippen LogP contribution in [-0.4, -0.2) is 75.7 Å². The summed E-state index contributed by atoms with van der Waals surface area (Å²) in [5.41, 5.74) is 4.03. The molecule has 1 saturated heterocycles. The summed E-state index contributed by atoms with van der Waals surface area (Å²) in [6, 6.07) is 5.00. The molecule has 1 aliphatic heterocycles. The zero-order valence-electron chi connectivity index (χ0n) is 30.9. The highest BCUT2D eigenvalue weighted by atomic mass is 16.6. The van der Waals surface area contributed by atoms with Crippen molar-refractivity contribution < 1.29 is 38.2 Å². The third-order valence-electron chi connectivity index (χ3n) is 7.59. The average molecular weight is 696 g/mol. The molecule has 3 N–H and O–H groups in total. The van der Waals surface area contributed by atoms with Crippen molar-refractivity contribution in [2.45, 2.75) is 124 Å². The zero-order valence-corrected chi connectivity index (χ0v) is 30.9. The van der Waals surface area contributed by atoms with Crippen molar-refractivity contribution in [3.05, 3.63) is 47.7 Å². The largest absolute Gasteiger partial charge is 0.460 e. The topological polar surface area (TPSA) is 165 Å². The first-order valence-corrected chi connectivity index (χ1v) is 17.1. The molecule has 0 bridgehead atoms. The summed E-state index contributed by atoms with van der Waals surface area (Å²) < 4.78 is 16.4. The molecular formula is C37H53N5O8. The van der Waals surface area contributed by atoms with Crippen molar-refractivity contribution in [3.63, 3.8) is 0 Å². The molecule has 0 aliphatic carbocycles. The van der Waals surface area contributed by atoms with E-state index in [9.17, 15) is 24.0 Å². The van der Waals surface area contributed by atoms with Crippen LogP contribution < -0.4 is 16.1 Å². The maximum Gasteiger partial charge on any atom is 0.408 e. The van der Waals surface area contributed by atoms with Crippen LogP contribution in [0.2, 0.25) is 0 Å². The summed E-state index contributed by atoms with van der Waals surface area (Å²) >= 11 is 0. The molecule has 274 valence electrons. The number of amides is 3. The van der Waals surface area contributed by atoms with Crippen molar-refractivity contribution in [2.24, 2.45) is 5.92 Å². The minimum Gasteiger partial charge on any atom is -0.460 e. The summed E-state index contributed by atoms with van der Waals surface area (Å²) in [4.78, 5) is 68.4. The number of aromatic nitrogens is 1. The van der Waals surface area contributed by atoms with Gasteiger partial charge in [0.1, 0.15) is 35.4 Å². The molecule has 0 saturated carbocycles. The number of ether oxygens (including phenoxy) is 3. The highest BCUT2D eigenvalue weighted by Crippen LogP contribution is 2.24. The van der Waals surface area contributed by atoms with Crippen LogP contribution in [0.1, 0.15) is 106 Å². The van der Waals surface area contributed by atoms with Crippen LogP contribution in [0.25, 0.3) is 17.0 Å². The van der Waals surface area contributed by atoms with E-state index in [1.165, 1.54) is 5.01 Å². The average Bonchev–Trinajstić information content (AvgIpc) is 3.01. The molecule has 4 atom stereocenters. The quantitative estimate of drug-likeness (QED) is 0.212. The number of rotatable bonds is 11. The van der Waals surface area contributed by atoms with Gasteiger partial charge in [-0.25, -0.2) is 10.2 Å². The number of carbonyl (C=O) groups excluding carboxylic acids is 5. The molecule has 13 nitrogen and oxygen atoms in total. The van der Waals surface area contributed by atoms with Gasteiger partial charge in [-0.2, -0.15) is 0 Å². The number of hydrogen-bond donors (Lipinski definition) is 3. The fraction of sp³-hybridized carbons (Fsp3) is 0.568. The first-order chi connectivity index (χ1) is 23.2. The van der Waals surface area contributed by atoms with Crippen LogP contribution in [0, 0.1) is 5.92 Å². The summed E-state index contributed by atoms with van der Waals surface area (Å²) in [6.07, 6.45) is 5.06. The fourth-order valence-corrected chi connectivity index (χ4v) is 5.18. The van der Waals surface area contributed by atoms with Gasteiger partial charge in [-0.05, 0) is 97.9 Å². The van der Waals surface area contributed by atoms with E-state index in [1.807, 2.05) is 51.1 Å². The van der Waals surface area contributed by atoms with E-state index in [1.54, 1.807) is 60.7 Å². The first-order valence-electron chi connectivity index (χ1n) is 17.1. The van der Waals surface area contributed by atoms with Crippen molar-refractivity contribution in [2.75, 3.05) is 6.54 Å². The second-order valence-corrected chi connectivity index (χ2v) is 14.9. The fourth-order valence-electron chi connectivity index (χ4n) is 5.18. The van der Waals surface area contributed by atoms with Crippen LogP contribution in [0.5, 0.6) is 0 Å². The Hall–Kier alpha value is -4.52. The lowest BCUT2D eigenvalue weighted by atomic mass is 10.0. The van der Waals surface area contributed by atoms with Gasteiger partial charge in [-0.3, -0.25) is 29.2 Å². The molecule has 13 heteroatoms. The lowest BCUT2D eigenvalue weighted by molar-refractivity contribution is -0.157. The summed E-state index contributed by atoms with van der Waals surface area (Å²) in [5, 5.41) is 7.43. The molecule has 1 aromatic heterocycles. The van der Waals surface area contributed by atoms with Crippen LogP contribution in [-0.2, 0) is 33.4 Å². The van der Waals surface area contributed by atoms with Gasteiger partial charge < -0.3 is 24.8 Å². The second-order valence-electron chi connectivity index (χ2n) is 14.9. The Kier molecular flexibility index (Phi) is 13.5. The number of hydrazine groups is 1. The maximum atomic E-state index is 13.3. The summed E-state index contributed by atoms with van der Waals surface area (Å²) in [5.74, 6) is -2.06. The van der Waals surface area contributed by atoms with Crippen molar-refractivity contribution in [3.8, 4) is 0 Å². The first kappa shape index (κ1) is 39.9. The predicted molar refractivity (Wildman–Crippen MR) is 189 cm³/mol. The van der Waals surface area contributed by atoms with Crippen molar-refractivity contribution in [1.82, 2.24) is 26.1 Å². The molecule has 3 rings (SSSR count). The number of nitrogens with one attached hydrogen (secondary N) is 3. The summed E-state index contributed by atoms with van der Waals surface area (Å²) in [7, 11) is 0. The number of fused-ring (bicyclic) bond motifs is 1. The second kappa shape index (κ2) is 16.9. The van der Waals surface area contributed by atoms with Crippen molar-refractivity contribution >= 4 is 46.8 Å². The molecular weight excluding hydrogens is 642 g/mol. The molecule has 1 fully saturated rings. The molecule has 0 radical (unpaired) electrons. The monoisotopic (exact) mass is 695 g/mol. The molecule has 0 unspecified atom stereocenters. The van der Waals surface area contributed by atoms with Gasteiger partial charge in [0.2, 0.25) is 5.91 Å². The van der Waals surface area contributed by atoms with Crippen LogP contribution in [0.3, 0.4) is 0 Å². The van der Waals surface area contributed by atoms with Crippen LogP contribution in [0.15, 0.2) is 36.5 Å². The van der Waals surface area contributed by atoms with Gasteiger partial charge >= 0.3 is 18.0 Å². The Morgan fingerprint density at radius 2 is 1.66 bits per heavy atom. The van der Waals surface area contributed by atoms with Gasteiger partial charge in [-0.1, -0.05) is 32.1 Å². The molecule has 1 aliphatic rings. The highest BCUT2D eigenvalue weighted by molar-refractivity contribution is 5.91. The minimum atomic E-state index is -0.939. The van der Waals surface area contributed by atoms with E-state index in [0.29, 0.717) is 24.9 Å². The van der Waals surface area contributed by atoms with Gasteiger partial charge in [0, 0.05) is 23.7 Å². The normalized spacial score (nSPS) is 17.2. The molecule has 1 aromatic carbocycles. The Morgan fingerprint density at radius 1 is 0.980 bits per heavy atom. The number of nitrogens with zero attached hydrogens (tertiary/aromatic N) is 2. The SMILES string of the molecule is CC(C)[C@H](NC(=O)OC(C)(C)C)C(=O)N[C@@H](C)C(=O)N1CCC[C@@H](C(=O)O[C@H](C)c2cnc3ccc(/C=C/CC(=O)OC(C)(C)C)cc3c2)N1. The summed E-state index contributed by atoms with van der Waals surface area (Å²) in [6.45, 7) is 17.8. The van der Waals surface area contributed by atoms with Crippen molar-refractivity contribution in [1.29, 1.82) is 0 Å². The van der Waals surface area contributed by atoms with Gasteiger partial charge in [0.25, 0.3) is 5.91 Å². The molecule has 2 aromatic rings. The number of pyridine rings is 1. The number of carbonyl (C=O) groups is 5. The van der Waals surface area contributed by atoms with Crippen LogP contribution in [0.4, 0.5) is 4.79 Å². The molecule has 2 heterocycles. The lowest BCUT2D eigenvalue weighted by Crippen LogP contribution is -2.61. The Labute approximate surface area is 294 Å². The van der Waals surface area contributed by atoms with Gasteiger partial charge in [0.15, 0.2) is 0 Å². The van der Waals surface area contributed by atoms with E-state index in [4.69, 9.17) is 14.2 Å². The zero-order chi connectivity index (χ0) is 37.4. The highest BCUT2D eigenvalue weighted by Gasteiger charge is 2.34. The van der Waals surface area contributed by atoms with E-state index < -0.39 is 59.3 Å². The van der Waals surface area contributed by atoms with E-state index in [2.05, 4.69) is 21.0 Å². The van der Waals surface area contributed by atoms with E-state index in [0.717, 1.165) is 16.5 Å². The number of benzene rings is 1. The van der Waals surface area contributed by atoms with Crippen LogP contribution >= 0.6 is 0 Å². The van der Waals surface area contributed by atoms with E-state index >= 15 is 0 Å². The van der Waals surface area contributed by atoms with E-state index in [-0.39, 0.29) is 18.3 Å². The minimum absolute atomic E-state index is 0.151. The standard InChI is InChI=1S/C37H53N5O8/c1-22(2)31(40-35(47)50-37(8,9)10)32(44)39-23(3)33(45)42-18-12-14-29(41-42)34(46)48-24(4)27-20-26-19-25(16-17-28(26)38-21-27)13-11-15-30(43)49-36(5,6)7/h11,13,16-17,19-24,29,31,41H,12,14-15,18H2,1-10H3,(H,39,44)(H,40,47)/b13-11+/t23-,24+,29-,31-/m0/s1. The number of esters is 2. The van der Waals surface area contributed by atoms with Gasteiger partial charge in [-0.15, -0.1) is 0 Å². The smallest absolute Gasteiger partial charge is 0.408 e. The Balaban J connectivity index is 1.59. The molecule has 0 spiro atoms. The third kappa shape index (κ3) is 12.4. The Morgan fingerprint density at radius 3 is 2.30 bits per heavy atom. The lowest BCUT2D eigenvalue weighted by Gasteiger charge is -2.35. The predicted octanol–water partition coefficient (Wildman–Crippen LogP) is 5.13. The van der Waals surface area contributed by atoms with Gasteiger partial charge in [0.05, 0.1) is 11.9 Å². The maximum absolute atomic E-state index is 13.3. The molecule has 3 amide bonds. The third-order valence-corrected chi connectivity index (χ3v) is 7.59. The molecule has 50 heavy (non-hydrogen) atoms. The number of hydrogen-bond acceptors (Lipinski definition) is 10. The Bertz CT molecular complexity index is 1580. The number of alkyl carbamates (subject to hydrolysis) is 1.